The van der Waals surface area contributed by atoms with Crippen LogP contribution < -0.4 is 5.32 Å². The minimum absolute atomic E-state index is 0.0275. The molecule has 3 unspecified atom stereocenters. The van der Waals surface area contributed by atoms with E-state index in [9.17, 15) is 4.79 Å². The van der Waals surface area contributed by atoms with E-state index in [1.165, 1.54) is 0 Å². The largest absolute Gasteiger partial charge is 0.318 e. The van der Waals surface area contributed by atoms with Crippen LogP contribution in [0.2, 0.25) is 0 Å². The van der Waals surface area contributed by atoms with E-state index < -0.39 is 0 Å². The number of nitrogens with zero attached hydrogens (tertiary/aromatic N) is 1. The second-order valence-electron chi connectivity index (χ2n) is 7.49. The molecule has 1 heterocycles. The van der Waals surface area contributed by atoms with Crippen molar-refractivity contribution in [1.29, 1.82) is 0 Å². The molecule has 1 aromatic rings. The maximum atomic E-state index is 12.9. The zero-order valence-electron chi connectivity index (χ0n) is 14.1. The standard InChI is InChI=1S/C18H28N2O/c1-12(2)15-17(21)20(13(3)18(4,5)6)16(19-15)14-10-8-7-9-11-14/h7-13,15-16,19H,1-6H3. The summed E-state index contributed by atoms with van der Waals surface area (Å²) in [5.41, 5.74) is 1.21. The normalized spacial score (nSPS) is 24.7. The third-order valence-corrected chi connectivity index (χ3v) is 4.59. The fourth-order valence-electron chi connectivity index (χ4n) is 2.81. The highest BCUT2D eigenvalue weighted by molar-refractivity contribution is 5.85. The molecular weight excluding hydrogens is 260 g/mol. The molecule has 0 radical (unpaired) electrons. The van der Waals surface area contributed by atoms with Crippen LogP contribution in [0.4, 0.5) is 0 Å². The zero-order valence-corrected chi connectivity index (χ0v) is 14.1. The monoisotopic (exact) mass is 288 g/mol. The number of carbonyl (C=O) groups is 1. The molecule has 1 amide bonds. The van der Waals surface area contributed by atoms with E-state index in [0.717, 1.165) is 5.56 Å². The highest BCUT2D eigenvalue weighted by atomic mass is 16.2. The maximum Gasteiger partial charge on any atom is 0.241 e. The number of rotatable bonds is 3. The summed E-state index contributed by atoms with van der Waals surface area (Å²) in [6, 6.07) is 10.3. The second-order valence-corrected chi connectivity index (χ2v) is 7.49. The van der Waals surface area contributed by atoms with Crippen LogP contribution in [-0.4, -0.2) is 22.9 Å². The van der Waals surface area contributed by atoms with Crippen molar-refractivity contribution >= 4 is 5.91 Å². The predicted molar refractivity (Wildman–Crippen MR) is 86.7 cm³/mol. The molecule has 0 saturated carbocycles. The topological polar surface area (TPSA) is 32.3 Å². The fraction of sp³-hybridized carbons (Fsp3) is 0.611. The van der Waals surface area contributed by atoms with Crippen molar-refractivity contribution in [3.63, 3.8) is 0 Å². The Balaban J connectivity index is 2.39. The van der Waals surface area contributed by atoms with Gasteiger partial charge in [-0.15, -0.1) is 0 Å². The number of hydrogen-bond donors (Lipinski definition) is 1. The molecule has 1 N–H and O–H groups in total. The summed E-state index contributed by atoms with van der Waals surface area (Å²) in [5.74, 6) is 0.516. The lowest BCUT2D eigenvalue weighted by atomic mass is 9.86. The summed E-state index contributed by atoms with van der Waals surface area (Å²) in [5, 5.41) is 3.54. The first kappa shape index (κ1) is 16.0. The van der Waals surface area contributed by atoms with Gasteiger partial charge < -0.3 is 4.90 Å². The first-order chi connectivity index (χ1) is 9.73. The van der Waals surface area contributed by atoms with E-state index in [1.54, 1.807) is 0 Å². The number of nitrogens with one attached hydrogen (secondary N) is 1. The molecule has 3 heteroatoms. The maximum absolute atomic E-state index is 12.9. The van der Waals surface area contributed by atoms with Gasteiger partial charge in [-0.25, -0.2) is 0 Å². The minimum atomic E-state index is -0.0972. The van der Waals surface area contributed by atoms with Gasteiger partial charge >= 0.3 is 0 Å². The van der Waals surface area contributed by atoms with Gasteiger partial charge in [-0.05, 0) is 23.8 Å². The molecule has 0 spiro atoms. The van der Waals surface area contributed by atoms with E-state index in [4.69, 9.17) is 0 Å². The van der Waals surface area contributed by atoms with Gasteiger partial charge in [0.25, 0.3) is 0 Å². The van der Waals surface area contributed by atoms with Gasteiger partial charge in [0.2, 0.25) is 5.91 Å². The lowest BCUT2D eigenvalue weighted by molar-refractivity contribution is -0.135. The molecule has 116 valence electrons. The predicted octanol–water partition coefficient (Wildman–Crippen LogP) is 3.58. The first-order valence-electron chi connectivity index (χ1n) is 7.86. The summed E-state index contributed by atoms with van der Waals surface area (Å²) in [6.45, 7) is 12.9. The Kier molecular flexibility index (Phi) is 4.43. The van der Waals surface area contributed by atoms with Crippen molar-refractivity contribution in [3.8, 4) is 0 Å². The molecule has 1 aliphatic heterocycles. The van der Waals surface area contributed by atoms with Crippen LogP contribution in [0.1, 0.15) is 53.3 Å². The smallest absolute Gasteiger partial charge is 0.241 e. The van der Waals surface area contributed by atoms with Gasteiger partial charge in [0.05, 0.1) is 6.04 Å². The van der Waals surface area contributed by atoms with E-state index in [-0.39, 0.29) is 29.6 Å². The Bertz CT molecular complexity index is 490. The first-order valence-corrected chi connectivity index (χ1v) is 7.86. The van der Waals surface area contributed by atoms with Gasteiger partial charge in [0.1, 0.15) is 6.17 Å². The van der Waals surface area contributed by atoms with E-state index >= 15 is 0 Å². The number of amides is 1. The molecule has 0 aromatic heterocycles. The molecule has 1 saturated heterocycles. The van der Waals surface area contributed by atoms with Crippen LogP contribution in [0, 0.1) is 11.3 Å². The molecule has 0 aliphatic carbocycles. The zero-order chi connectivity index (χ0) is 15.8. The van der Waals surface area contributed by atoms with Crippen LogP contribution in [-0.2, 0) is 4.79 Å². The summed E-state index contributed by atoms with van der Waals surface area (Å²) < 4.78 is 0. The van der Waals surface area contributed by atoms with Crippen molar-refractivity contribution < 1.29 is 4.79 Å². The van der Waals surface area contributed by atoms with Crippen LogP contribution in [0.5, 0.6) is 0 Å². The molecule has 3 atom stereocenters. The lowest BCUT2D eigenvalue weighted by Gasteiger charge is -2.38. The number of benzene rings is 1. The summed E-state index contributed by atoms with van der Waals surface area (Å²) >= 11 is 0. The Morgan fingerprint density at radius 1 is 1.10 bits per heavy atom. The average Bonchev–Trinajstić information content (AvgIpc) is 2.75. The van der Waals surface area contributed by atoms with Crippen LogP contribution in [0.3, 0.4) is 0 Å². The van der Waals surface area contributed by atoms with Gasteiger partial charge in [0, 0.05) is 6.04 Å². The number of carbonyl (C=O) groups excluding carboxylic acids is 1. The molecule has 1 fully saturated rings. The van der Waals surface area contributed by atoms with Crippen molar-refractivity contribution in [1.82, 2.24) is 10.2 Å². The molecule has 3 nitrogen and oxygen atoms in total. The van der Waals surface area contributed by atoms with Crippen LogP contribution in [0.25, 0.3) is 0 Å². The highest BCUT2D eigenvalue weighted by Gasteiger charge is 2.45. The summed E-state index contributed by atoms with van der Waals surface area (Å²) in [6.07, 6.45) is -0.0275. The molecule has 1 aromatic carbocycles. The molecule has 0 bridgehead atoms. The summed E-state index contributed by atoms with van der Waals surface area (Å²) in [7, 11) is 0. The Morgan fingerprint density at radius 3 is 2.14 bits per heavy atom. The molecule has 21 heavy (non-hydrogen) atoms. The van der Waals surface area contributed by atoms with E-state index in [0.29, 0.717) is 5.92 Å². The van der Waals surface area contributed by atoms with E-state index in [2.05, 4.69) is 59.0 Å². The third kappa shape index (κ3) is 3.13. The minimum Gasteiger partial charge on any atom is -0.318 e. The average molecular weight is 288 g/mol. The van der Waals surface area contributed by atoms with Crippen molar-refractivity contribution in [2.24, 2.45) is 11.3 Å². The number of hydrogen-bond acceptors (Lipinski definition) is 2. The van der Waals surface area contributed by atoms with Crippen LogP contribution >= 0.6 is 0 Å². The van der Waals surface area contributed by atoms with Crippen molar-refractivity contribution in [3.05, 3.63) is 35.9 Å². The third-order valence-electron chi connectivity index (χ3n) is 4.59. The van der Waals surface area contributed by atoms with Gasteiger partial charge in [-0.2, -0.15) is 0 Å². The molecular formula is C18H28N2O. The molecule has 2 rings (SSSR count). The van der Waals surface area contributed by atoms with Gasteiger partial charge in [-0.1, -0.05) is 65.0 Å². The molecule has 1 aliphatic rings. The van der Waals surface area contributed by atoms with Crippen molar-refractivity contribution in [2.45, 2.75) is 59.8 Å². The van der Waals surface area contributed by atoms with E-state index in [1.807, 2.05) is 23.1 Å². The lowest BCUT2D eigenvalue weighted by Crippen LogP contribution is -2.45. The SMILES string of the molecule is CC(C)C1NC(c2ccccc2)N(C(C)C(C)(C)C)C1=O. The van der Waals surface area contributed by atoms with Gasteiger partial charge in [-0.3, -0.25) is 10.1 Å². The summed E-state index contributed by atoms with van der Waals surface area (Å²) in [4.78, 5) is 14.9. The Morgan fingerprint density at radius 2 is 1.67 bits per heavy atom. The van der Waals surface area contributed by atoms with Crippen molar-refractivity contribution in [2.75, 3.05) is 0 Å². The fourth-order valence-corrected chi connectivity index (χ4v) is 2.81. The Hall–Kier alpha value is -1.35. The Labute approximate surface area is 128 Å². The second kappa shape index (κ2) is 5.80. The van der Waals surface area contributed by atoms with Gasteiger partial charge in [0.15, 0.2) is 0 Å². The quantitative estimate of drug-likeness (QED) is 0.922. The highest BCUT2D eigenvalue weighted by Crippen LogP contribution is 2.35. The van der Waals surface area contributed by atoms with Crippen LogP contribution in [0.15, 0.2) is 30.3 Å².